The summed E-state index contributed by atoms with van der Waals surface area (Å²) in [6, 6.07) is 19.9. The molecule has 152 valence electrons. The molecule has 3 aromatic rings. The van der Waals surface area contributed by atoms with Crippen LogP contribution in [0.25, 0.3) is 0 Å². The first-order valence-corrected chi connectivity index (χ1v) is 9.04. The van der Waals surface area contributed by atoms with Crippen molar-refractivity contribution in [1.29, 1.82) is 0 Å². The Hall–Kier alpha value is -2.68. The Morgan fingerprint density at radius 1 is 1.10 bits per heavy atom. The summed E-state index contributed by atoms with van der Waals surface area (Å²) in [6.07, 6.45) is 1.72. The maximum Gasteiger partial charge on any atom is 0.219 e. The zero-order valence-electron chi connectivity index (χ0n) is 16.3. The van der Waals surface area contributed by atoms with Crippen LogP contribution in [0.2, 0.25) is 0 Å². The number of guanidine groups is 1. The highest BCUT2D eigenvalue weighted by Crippen LogP contribution is 2.20. The number of halogens is 2. The summed E-state index contributed by atoms with van der Waals surface area (Å²) in [5, 5.41) is 6.63. The Kier molecular flexibility index (Phi) is 8.85. The Morgan fingerprint density at radius 2 is 1.90 bits per heavy atom. The molecule has 0 spiro atoms. The largest absolute Gasteiger partial charge is 0.439 e. The molecular weight excluding hydrogens is 482 g/mol. The van der Waals surface area contributed by atoms with Crippen LogP contribution in [-0.2, 0) is 6.54 Å². The molecule has 1 aromatic heterocycles. The Bertz CT molecular complexity index is 920. The van der Waals surface area contributed by atoms with E-state index in [9.17, 15) is 4.39 Å². The third-order valence-electron chi connectivity index (χ3n) is 4.15. The van der Waals surface area contributed by atoms with Gasteiger partial charge in [-0.05, 0) is 30.2 Å². The first kappa shape index (κ1) is 22.6. The molecule has 3 rings (SSSR count). The summed E-state index contributed by atoms with van der Waals surface area (Å²) in [5.41, 5.74) is 2.16. The van der Waals surface area contributed by atoms with Gasteiger partial charge in [0, 0.05) is 31.9 Å². The number of hydrogen-bond donors (Lipinski definition) is 2. The standard InChI is InChI=1S/C22H23FN4O.HI/c1-16(18-7-4-3-5-8-18)27-22(24-2)26-15-17-11-12-21(25-14-17)28-20-10-6-9-19(23)13-20;/h3-14,16H,15H2,1-2H3,(H2,24,26,27);1H. The highest BCUT2D eigenvalue weighted by molar-refractivity contribution is 14.0. The van der Waals surface area contributed by atoms with Gasteiger partial charge in [0.25, 0.3) is 0 Å². The third-order valence-corrected chi connectivity index (χ3v) is 4.15. The smallest absolute Gasteiger partial charge is 0.219 e. The number of aliphatic imine (C=N–C) groups is 1. The number of nitrogens with zero attached hydrogens (tertiary/aromatic N) is 2. The van der Waals surface area contributed by atoms with Crippen LogP contribution >= 0.6 is 24.0 Å². The van der Waals surface area contributed by atoms with Gasteiger partial charge in [0.05, 0.1) is 6.04 Å². The highest BCUT2D eigenvalue weighted by atomic mass is 127. The van der Waals surface area contributed by atoms with E-state index in [0.29, 0.717) is 24.1 Å². The van der Waals surface area contributed by atoms with Gasteiger partial charge < -0.3 is 15.4 Å². The van der Waals surface area contributed by atoms with Crippen LogP contribution in [-0.4, -0.2) is 18.0 Å². The second-order valence-corrected chi connectivity index (χ2v) is 6.27. The summed E-state index contributed by atoms with van der Waals surface area (Å²) in [5.74, 6) is 1.19. The van der Waals surface area contributed by atoms with Crippen LogP contribution in [0.15, 0.2) is 77.9 Å². The maximum atomic E-state index is 13.2. The summed E-state index contributed by atoms with van der Waals surface area (Å²) >= 11 is 0. The van der Waals surface area contributed by atoms with Crippen molar-refractivity contribution in [3.8, 4) is 11.6 Å². The van der Waals surface area contributed by atoms with Gasteiger partial charge >= 0.3 is 0 Å². The van der Waals surface area contributed by atoms with Crippen LogP contribution in [0, 0.1) is 5.82 Å². The average Bonchev–Trinajstić information content (AvgIpc) is 2.72. The van der Waals surface area contributed by atoms with Crippen LogP contribution in [0.5, 0.6) is 11.6 Å². The lowest BCUT2D eigenvalue weighted by molar-refractivity contribution is 0.457. The van der Waals surface area contributed by atoms with Crippen molar-refractivity contribution in [2.45, 2.75) is 19.5 Å². The van der Waals surface area contributed by atoms with E-state index in [1.54, 1.807) is 31.4 Å². The predicted octanol–water partition coefficient (Wildman–Crippen LogP) is 5.06. The zero-order valence-corrected chi connectivity index (χ0v) is 18.6. The van der Waals surface area contributed by atoms with Gasteiger partial charge in [-0.2, -0.15) is 0 Å². The second kappa shape index (κ2) is 11.4. The first-order valence-electron chi connectivity index (χ1n) is 9.04. The lowest BCUT2D eigenvalue weighted by Gasteiger charge is -2.18. The lowest BCUT2D eigenvalue weighted by atomic mass is 10.1. The van der Waals surface area contributed by atoms with E-state index >= 15 is 0 Å². The van der Waals surface area contributed by atoms with Crippen molar-refractivity contribution < 1.29 is 9.13 Å². The zero-order chi connectivity index (χ0) is 19.8. The minimum Gasteiger partial charge on any atom is -0.439 e. The number of aromatic nitrogens is 1. The molecular formula is C22H24FIN4O. The fourth-order valence-electron chi connectivity index (χ4n) is 2.64. The molecule has 0 fully saturated rings. The quantitative estimate of drug-likeness (QED) is 0.279. The fraction of sp³-hybridized carbons (Fsp3) is 0.182. The lowest BCUT2D eigenvalue weighted by Crippen LogP contribution is -2.38. The van der Waals surface area contributed by atoms with Gasteiger partial charge in [-0.15, -0.1) is 24.0 Å². The van der Waals surface area contributed by atoms with E-state index < -0.39 is 0 Å². The van der Waals surface area contributed by atoms with Gasteiger partial charge in [-0.3, -0.25) is 4.99 Å². The van der Waals surface area contributed by atoms with E-state index in [-0.39, 0.29) is 35.8 Å². The van der Waals surface area contributed by atoms with Crippen molar-refractivity contribution in [3.63, 3.8) is 0 Å². The number of pyridine rings is 1. The summed E-state index contributed by atoms with van der Waals surface area (Å²) in [7, 11) is 1.74. The van der Waals surface area contributed by atoms with Gasteiger partial charge in [-0.1, -0.05) is 42.5 Å². The van der Waals surface area contributed by atoms with Crippen molar-refractivity contribution in [2.24, 2.45) is 4.99 Å². The van der Waals surface area contributed by atoms with E-state index in [1.165, 1.54) is 17.7 Å². The molecule has 0 aliphatic carbocycles. The first-order chi connectivity index (χ1) is 13.6. The van der Waals surface area contributed by atoms with Crippen molar-refractivity contribution >= 4 is 29.9 Å². The predicted molar refractivity (Wildman–Crippen MR) is 124 cm³/mol. The van der Waals surface area contributed by atoms with E-state index in [4.69, 9.17) is 4.74 Å². The molecule has 5 nitrogen and oxygen atoms in total. The molecule has 0 amide bonds. The summed E-state index contributed by atoms with van der Waals surface area (Å²) in [6.45, 7) is 2.65. The SMILES string of the molecule is CN=C(NCc1ccc(Oc2cccc(F)c2)nc1)NC(C)c1ccccc1.I. The molecule has 0 saturated heterocycles. The van der Waals surface area contributed by atoms with Crippen molar-refractivity contribution in [3.05, 3.63) is 89.9 Å². The number of nitrogens with one attached hydrogen (secondary N) is 2. The van der Waals surface area contributed by atoms with Crippen molar-refractivity contribution in [2.75, 3.05) is 7.05 Å². The molecule has 1 atom stereocenters. The van der Waals surface area contributed by atoms with Gasteiger partial charge in [0.2, 0.25) is 5.88 Å². The molecule has 0 saturated carbocycles. The van der Waals surface area contributed by atoms with Crippen LogP contribution in [0.4, 0.5) is 4.39 Å². The molecule has 2 N–H and O–H groups in total. The fourth-order valence-corrected chi connectivity index (χ4v) is 2.64. The van der Waals surface area contributed by atoms with Crippen LogP contribution in [0.1, 0.15) is 24.1 Å². The Morgan fingerprint density at radius 3 is 2.55 bits per heavy atom. The molecule has 1 heterocycles. The monoisotopic (exact) mass is 506 g/mol. The molecule has 2 aromatic carbocycles. The molecule has 0 aliphatic heterocycles. The molecule has 0 radical (unpaired) electrons. The third kappa shape index (κ3) is 7.01. The topological polar surface area (TPSA) is 58.5 Å². The van der Waals surface area contributed by atoms with Crippen molar-refractivity contribution in [1.82, 2.24) is 15.6 Å². The summed E-state index contributed by atoms with van der Waals surface area (Å²) in [4.78, 5) is 8.54. The summed E-state index contributed by atoms with van der Waals surface area (Å²) < 4.78 is 18.8. The normalized spacial score (nSPS) is 11.9. The molecule has 0 bridgehead atoms. The van der Waals surface area contributed by atoms with E-state index in [1.807, 2.05) is 24.3 Å². The van der Waals surface area contributed by atoms with Gasteiger partial charge in [0.1, 0.15) is 11.6 Å². The number of hydrogen-bond acceptors (Lipinski definition) is 3. The molecule has 0 aliphatic rings. The van der Waals surface area contributed by atoms with Gasteiger partial charge in [-0.25, -0.2) is 9.37 Å². The average molecular weight is 506 g/mol. The van der Waals surface area contributed by atoms with E-state index in [2.05, 4.69) is 39.7 Å². The number of ether oxygens (including phenoxy) is 1. The van der Waals surface area contributed by atoms with E-state index in [0.717, 1.165) is 5.56 Å². The van der Waals surface area contributed by atoms with Crippen LogP contribution < -0.4 is 15.4 Å². The van der Waals surface area contributed by atoms with Crippen LogP contribution in [0.3, 0.4) is 0 Å². The number of benzene rings is 2. The Labute approximate surface area is 187 Å². The Balaban J connectivity index is 0.00000300. The highest BCUT2D eigenvalue weighted by Gasteiger charge is 2.07. The molecule has 1 unspecified atom stereocenters. The minimum absolute atomic E-state index is 0. The maximum absolute atomic E-state index is 13.2. The molecule has 7 heteroatoms. The minimum atomic E-state index is -0.345. The second-order valence-electron chi connectivity index (χ2n) is 6.27. The number of rotatable bonds is 6. The van der Waals surface area contributed by atoms with Gasteiger partial charge in [0.15, 0.2) is 5.96 Å². The molecule has 29 heavy (non-hydrogen) atoms.